The van der Waals surface area contributed by atoms with E-state index in [1.165, 1.54) is 11.8 Å². The maximum absolute atomic E-state index is 12.2. The standard InChI is InChI=1S/C17H14Cl2N4O2S/c1-2-8-23-16(13-7-4-9-25-13)21-22-17(23)26-10-14(24)20-12-6-3-5-11(18)15(12)19/h2-7,9H,1,8,10H2,(H,20,24). The number of thioether (sulfide) groups is 1. The van der Waals surface area contributed by atoms with Gasteiger partial charge in [0.1, 0.15) is 0 Å². The molecule has 134 valence electrons. The van der Waals surface area contributed by atoms with E-state index in [4.69, 9.17) is 27.6 Å². The molecule has 0 aliphatic heterocycles. The number of nitrogens with one attached hydrogen (secondary N) is 1. The molecular formula is C17H14Cl2N4O2S. The number of amides is 1. The normalized spacial score (nSPS) is 10.7. The van der Waals surface area contributed by atoms with Crippen molar-refractivity contribution in [2.75, 3.05) is 11.1 Å². The van der Waals surface area contributed by atoms with Crippen LogP contribution in [0.4, 0.5) is 5.69 Å². The van der Waals surface area contributed by atoms with Gasteiger partial charge in [-0.15, -0.1) is 16.8 Å². The van der Waals surface area contributed by atoms with Crippen LogP contribution in [0, 0.1) is 0 Å². The molecule has 0 radical (unpaired) electrons. The van der Waals surface area contributed by atoms with Gasteiger partial charge in [-0.25, -0.2) is 0 Å². The third kappa shape index (κ3) is 4.12. The van der Waals surface area contributed by atoms with E-state index < -0.39 is 0 Å². The molecule has 0 aliphatic carbocycles. The van der Waals surface area contributed by atoms with Crippen LogP contribution in [0.1, 0.15) is 0 Å². The summed E-state index contributed by atoms with van der Waals surface area (Å²) in [6.45, 7) is 4.24. The van der Waals surface area contributed by atoms with Gasteiger partial charge < -0.3 is 9.73 Å². The Morgan fingerprint density at radius 3 is 2.88 bits per heavy atom. The molecule has 2 heterocycles. The number of carbonyl (C=O) groups is 1. The van der Waals surface area contributed by atoms with Crippen molar-refractivity contribution in [3.05, 3.63) is 59.3 Å². The van der Waals surface area contributed by atoms with Crippen molar-refractivity contribution in [2.24, 2.45) is 0 Å². The van der Waals surface area contributed by atoms with Crippen LogP contribution >= 0.6 is 35.0 Å². The molecule has 1 aromatic carbocycles. The molecule has 2 aromatic heterocycles. The summed E-state index contributed by atoms with van der Waals surface area (Å²) in [7, 11) is 0. The molecule has 3 aromatic rings. The van der Waals surface area contributed by atoms with Gasteiger partial charge in [0.15, 0.2) is 10.9 Å². The van der Waals surface area contributed by atoms with E-state index in [0.29, 0.717) is 39.0 Å². The lowest BCUT2D eigenvalue weighted by Crippen LogP contribution is -2.15. The molecule has 0 aliphatic rings. The summed E-state index contributed by atoms with van der Waals surface area (Å²) in [5.41, 5.74) is 0.466. The Bertz CT molecular complexity index is 925. The van der Waals surface area contributed by atoms with Crippen LogP contribution in [-0.4, -0.2) is 26.4 Å². The Morgan fingerprint density at radius 1 is 1.31 bits per heavy atom. The van der Waals surface area contributed by atoms with E-state index in [1.807, 2.05) is 4.57 Å². The first-order valence-electron chi connectivity index (χ1n) is 7.54. The molecule has 26 heavy (non-hydrogen) atoms. The number of nitrogens with zero attached hydrogens (tertiary/aromatic N) is 3. The number of allylic oxidation sites excluding steroid dienone is 1. The highest BCUT2D eigenvalue weighted by atomic mass is 35.5. The van der Waals surface area contributed by atoms with Crippen LogP contribution in [0.25, 0.3) is 11.6 Å². The summed E-state index contributed by atoms with van der Waals surface area (Å²) < 4.78 is 7.21. The number of furan rings is 1. The van der Waals surface area contributed by atoms with Crippen LogP contribution in [0.5, 0.6) is 0 Å². The smallest absolute Gasteiger partial charge is 0.234 e. The summed E-state index contributed by atoms with van der Waals surface area (Å²) in [5, 5.41) is 12.3. The van der Waals surface area contributed by atoms with E-state index in [9.17, 15) is 4.79 Å². The Balaban J connectivity index is 1.70. The fourth-order valence-electron chi connectivity index (χ4n) is 2.19. The van der Waals surface area contributed by atoms with Crippen molar-refractivity contribution in [2.45, 2.75) is 11.7 Å². The molecular weight excluding hydrogens is 395 g/mol. The monoisotopic (exact) mass is 408 g/mol. The van der Waals surface area contributed by atoms with Crippen LogP contribution in [0.15, 0.2) is 58.8 Å². The van der Waals surface area contributed by atoms with E-state index in [-0.39, 0.29) is 11.7 Å². The number of halogens is 2. The second-order valence-corrected chi connectivity index (χ2v) is 6.85. The lowest BCUT2D eigenvalue weighted by Gasteiger charge is -2.08. The lowest BCUT2D eigenvalue weighted by atomic mass is 10.3. The number of hydrogen-bond acceptors (Lipinski definition) is 5. The summed E-state index contributed by atoms with van der Waals surface area (Å²) in [6, 6.07) is 8.63. The first-order chi connectivity index (χ1) is 12.6. The third-order valence-corrected chi connectivity index (χ3v) is 5.11. The molecule has 0 unspecified atom stereocenters. The Hall–Kier alpha value is -2.22. The molecule has 1 amide bonds. The number of aromatic nitrogens is 3. The van der Waals surface area contributed by atoms with Crippen molar-refractivity contribution in [1.82, 2.24) is 14.8 Å². The lowest BCUT2D eigenvalue weighted by molar-refractivity contribution is -0.113. The first kappa shape index (κ1) is 18.6. The van der Waals surface area contributed by atoms with Crippen LogP contribution in [-0.2, 0) is 11.3 Å². The summed E-state index contributed by atoms with van der Waals surface area (Å²) in [4.78, 5) is 12.2. The van der Waals surface area contributed by atoms with Crippen molar-refractivity contribution < 1.29 is 9.21 Å². The number of benzene rings is 1. The molecule has 0 bridgehead atoms. The van der Waals surface area contributed by atoms with Crippen LogP contribution in [0.3, 0.4) is 0 Å². The van der Waals surface area contributed by atoms with Crippen molar-refractivity contribution in [3.8, 4) is 11.6 Å². The topological polar surface area (TPSA) is 73.0 Å². The quantitative estimate of drug-likeness (QED) is 0.450. The maximum atomic E-state index is 12.2. The Kier molecular flexibility index (Phi) is 6.03. The molecule has 0 atom stereocenters. The van der Waals surface area contributed by atoms with Gasteiger partial charge in [0.25, 0.3) is 0 Å². The zero-order chi connectivity index (χ0) is 18.5. The largest absolute Gasteiger partial charge is 0.461 e. The number of hydrogen-bond donors (Lipinski definition) is 1. The van der Waals surface area contributed by atoms with Crippen LogP contribution < -0.4 is 5.32 Å². The van der Waals surface area contributed by atoms with Crippen molar-refractivity contribution in [1.29, 1.82) is 0 Å². The Labute approximate surface area is 164 Å². The predicted molar refractivity (Wildman–Crippen MR) is 104 cm³/mol. The fourth-order valence-corrected chi connectivity index (χ4v) is 3.29. The second-order valence-electron chi connectivity index (χ2n) is 5.12. The van der Waals surface area contributed by atoms with Gasteiger partial charge in [0.05, 0.1) is 27.7 Å². The fraction of sp³-hybridized carbons (Fsp3) is 0.118. The predicted octanol–water partition coefficient (Wildman–Crippen LogP) is 4.76. The summed E-state index contributed by atoms with van der Waals surface area (Å²) in [5.74, 6) is 1.08. The van der Waals surface area contributed by atoms with E-state index in [1.54, 1.807) is 42.7 Å². The molecule has 0 saturated heterocycles. The molecule has 1 N–H and O–H groups in total. The molecule has 0 spiro atoms. The highest BCUT2D eigenvalue weighted by molar-refractivity contribution is 7.99. The van der Waals surface area contributed by atoms with E-state index in [0.717, 1.165) is 0 Å². The van der Waals surface area contributed by atoms with Gasteiger partial charge in [-0.05, 0) is 24.3 Å². The van der Waals surface area contributed by atoms with Gasteiger partial charge in [0.2, 0.25) is 11.7 Å². The van der Waals surface area contributed by atoms with E-state index >= 15 is 0 Å². The van der Waals surface area contributed by atoms with E-state index in [2.05, 4.69) is 22.1 Å². The van der Waals surface area contributed by atoms with Gasteiger partial charge in [0, 0.05) is 6.54 Å². The molecule has 9 heteroatoms. The number of carbonyl (C=O) groups excluding carboxylic acids is 1. The minimum atomic E-state index is -0.230. The Morgan fingerprint density at radius 2 is 2.15 bits per heavy atom. The minimum absolute atomic E-state index is 0.135. The number of anilines is 1. The van der Waals surface area contributed by atoms with Crippen LogP contribution in [0.2, 0.25) is 10.0 Å². The average Bonchev–Trinajstić information content (AvgIpc) is 3.27. The van der Waals surface area contributed by atoms with Gasteiger partial charge in [-0.3, -0.25) is 9.36 Å². The van der Waals surface area contributed by atoms with Crippen molar-refractivity contribution in [3.63, 3.8) is 0 Å². The molecule has 0 fully saturated rings. The highest BCUT2D eigenvalue weighted by Crippen LogP contribution is 2.30. The number of rotatable bonds is 7. The van der Waals surface area contributed by atoms with Gasteiger partial charge in [-0.1, -0.05) is 47.1 Å². The third-order valence-electron chi connectivity index (χ3n) is 3.33. The molecule has 0 saturated carbocycles. The van der Waals surface area contributed by atoms with Crippen molar-refractivity contribution >= 4 is 46.6 Å². The highest BCUT2D eigenvalue weighted by Gasteiger charge is 2.17. The zero-order valence-electron chi connectivity index (χ0n) is 13.5. The SMILES string of the molecule is C=CCn1c(SCC(=O)Nc2cccc(Cl)c2Cl)nnc1-c1ccco1. The minimum Gasteiger partial charge on any atom is -0.461 e. The molecule has 3 rings (SSSR count). The second kappa shape index (κ2) is 8.44. The average molecular weight is 409 g/mol. The zero-order valence-corrected chi connectivity index (χ0v) is 15.8. The first-order valence-corrected chi connectivity index (χ1v) is 9.29. The molecule has 6 nitrogen and oxygen atoms in total. The maximum Gasteiger partial charge on any atom is 0.234 e. The summed E-state index contributed by atoms with van der Waals surface area (Å²) in [6.07, 6.45) is 3.29. The van der Waals surface area contributed by atoms with Gasteiger partial charge >= 0.3 is 0 Å². The van der Waals surface area contributed by atoms with Gasteiger partial charge in [-0.2, -0.15) is 0 Å². The summed E-state index contributed by atoms with van der Waals surface area (Å²) >= 11 is 13.3.